The van der Waals surface area contributed by atoms with Gasteiger partial charge in [-0.3, -0.25) is 15.2 Å². The molecule has 0 unspecified atom stereocenters. The van der Waals surface area contributed by atoms with E-state index in [4.69, 9.17) is 0 Å². The Balaban J connectivity index is 1.92. The van der Waals surface area contributed by atoms with Gasteiger partial charge in [0, 0.05) is 32.2 Å². The SMILES string of the molecule is O=[N+]([O-])c1ccccc1-c1nc(N2CCNCC2)n[nH]1. The Hall–Kier alpha value is -2.48. The second kappa shape index (κ2) is 5.25. The predicted molar refractivity (Wildman–Crippen MR) is 73.6 cm³/mol. The number of hydrogen-bond acceptors (Lipinski definition) is 6. The highest BCUT2D eigenvalue weighted by molar-refractivity contribution is 5.68. The van der Waals surface area contributed by atoms with Crippen LogP contribution in [0.5, 0.6) is 0 Å². The molecule has 0 aliphatic carbocycles. The first kappa shape index (κ1) is 12.5. The Morgan fingerprint density at radius 3 is 2.75 bits per heavy atom. The van der Waals surface area contributed by atoms with Crippen LogP contribution in [0.25, 0.3) is 11.4 Å². The molecule has 0 atom stereocenters. The molecule has 8 nitrogen and oxygen atoms in total. The zero-order chi connectivity index (χ0) is 13.9. The number of nitro groups is 1. The quantitative estimate of drug-likeness (QED) is 0.634. The summed E-state index contributed by atoms with van der Waals surface area (Å²) in [5.41, 5.74) is 0.474. The van der Waals surface area contributed by atoms with E-state index in [0.29, 0.717) is 17.3 Å². The van der Waals surface area contributed by atoms with Crippen molar-refractivity contribution in [2.75, 3.05) is 31.1 Å². The van der Waals surface area contributed by atoms with Gasteiger partial charge in [0.25, 0.3) is 5.69 Å². The highest BCUT2D eigenvalue weighted by Crippen LogP contribution is 2.27. The summed E-state index contributed by atoms with van der Waals surface area (Å²) in [5.74, 6) is 1.01. The van der Waals surface area contributed by atoms with E-state index in [2.05, 4.69) is 20.5 Å². The number of rotatable bonds is 3. The van der Waals surface area contributed by atoms with Gasteiger partial charge in [0.1, 0.15) is 0 Å². The van der Waals surface area contributed by atoms with Crippen LogP contribution in [0.3, 0.4) is 0 Å². The third-order valence-electron chi connectivity index (χ3n) is 3.23. The first-order chi connectivity index (χ1) is 9.75. The number of nitrogens with zero attached hydrogens (tertiary/aromatic N) is 4. The molecule has 2 aromatic rings. The van der Waals surface area contributed by atoms with Crippen LogP contribution in [-0.4, -0.2) is 46.3 Å². The van der Waals surface area contributed by atoms with Crippen LogP contribution in [0.1, 0.15) is 0 Å². The van der Waals surface area contributed by atoms with E-state index in [9.17, 15) is 10.1 Å². The van der Waals surface area contributed by atoms with E-state index in [0.717, 1.165) is 26.2 Å². The summed E-state index contributed by atoms with van der Waals surface area (Å²) in [4.78, 5) is 17.0. The van der Waals surface area contributed by atoms with Crippen molar-refractivity contribution in [2.45, 2.75) is 0 Å². The molecule has 0 bridgehead atoms. The molecular weight excluding hydrogens is 260 g/mol. The van der Waals surface area contributed by atoms with Crippen molar-refractivity contribution in [2.24, 2.45) is 0 Å². The summed E-state index contributed by atoms with van der Waals surface area (Å²) in [5, 5.41) is 21.2. The van der Waals surface area contributed by atoms with Gasteiger partial charge < -0.3 is 10.2 Å². The zero-order valence-electron chi connectivity index (χ0n) is 10.7. The van der Waals surface area contributed by atoms with E-state index in [1.54, 1.807) is 18.2 Å². The molecular formula is C12H14N6O2. The monoisotopic (exact) mass is 274 g/mol. The number of piperazine rings is 1. The summed E-state index contributed by atoms with van der Waals surface area (Å²) in [6.07, 6.45) is 0. The molecule has 2 heterocycles. The van der Waals surface area contributed by atoms with E-state index >= 15 is 0 Å². The number of aromatic nitrogens is 3. The lowest BCUT2D eigenvalue weighted by Crippen LogP contribution is -2.44. The molecule has 1 fully saturated rings. The third-order valence-corrected chi connectivity index (χ3v) is 3.23. The maximum Gasteiger partial charge on any atom is 0.280 e. The topological polar surface area (TPSA) is 100.0 Å². The van der Waals surface area contributed by atoms with Crippen LogP contribution in [-0.2, 0) is 0 Å². The fraction of sp³-hybridized carbons (Fsp3) is 0.333. The van der Waals surface area contributed by atoms with Gasteiger partial charge in [-0.1, -0.05) is 12.1 Å². The summed E-state index contributed by atoms with van der Waals surface area (Å²) >= 11 is 0. The third kappa shape index (κ3) is 2.32. The van der Waals surface area contributed by atoms with Gasteiger partial charge in [-0.05, 0) is 6.07 Å². The van der Waals surface area contributed by atoms with Gasteiger partial charge in [-0.25, -0.2) is 0 Å². The summed E-state index contributed by atoms with van der Waals surface area (Å²) in [6, 6.07) is 6.51. The van der Waals surface area contributed by atoms with E-state index < -0.39 is 4.92 Å². The number of hydrogen-bond donors (Lipinski definition) is 2. The van der Waals surface area contributed by atoms with Crippen molar-refractivity contribution < 1.29 is 4.92 Å². The molecule has 0 saturated carbocycles. The van der Waals surface area contributed by atoms with Crippen molar-refractivity contribution in [3.8, 4) is 11.4 Å². The number of nitro benzene ring substituents is 1. The maximum atomic E-state index is 11.0. The lowest BCUT2D eigenvalue weighted by atomic mass is 10.2. The minimum Gasteiger partial charge on any atom is -0.337 e. The molecule has 1 aliphatic rings. The standard InChI is InChI=1S/C12H14N6O2/c19-18(20)10-4-2-1-3-9(10)11-14-12(16-15-11)17-7-5-13-6-8-17/h1-4,13H,5-8H2,(H,14,15,16). The van der Waals surface area contributed by atoms with Gasteiger partial charge in [-0.2, -0.15) is 4.98 Å². The van der Waals surface area contributed by atoms with E-state index in [-0.39, 0.29) is 5.69 Å². The number of anilines is 1. The van der Waals surface area contributed by atoms with E-state index in [1.165, 1.54) is 6.07 Å². The largest absolute Gasteiger partial charge is 0.337 e. The number of nitrogens with one attached hydrogen (secondary N) is 2. The summed E-state index contributed by atoms with van der Waals surface area (Å²) in [7, 11) is 0. The Morgan fingerprint density at radius 1 is 1.25 bits per heavy atom. The average Bonchev–Trinajstić information content (AvgIpc) is 2.98. The van der Waals surface area contributed by atoms with Crippen LogP contribution in [0.15, 0.2) is 24.3 Å². The summed E-state index contributed by atoms with van der Waals surface area (Å²) < 4.78 is 0. The van der Waals surface area contributed by atoms with Gasteiger partial charge in [-0.15, -0.1) is 5.10 Å². The number of benzene rings is 1. The van der Waals surface area contributed by atoms with Gasteiger partial charge in [0.05, 0.1) is 10.5 Å². The van der Waals surface area contributed by atoms with Crippen LogP contribution in [0, 0.1) is 10.1 Å². The first-order valence-corrected chi connectivity index (χ1v) is 6.37. The molecule has 2 N–H and O–H groups in total. The molecule has 0 amide bonds. The highest BCUT2D eigenvalue weighted by atomic mass is 16.6. The average molecular weight is 274 g/mol. The van der Waals surface area contributed by atoms with Crippen molar-refractivity contribution in [3.63, 3.8) is 0 Å². The molecule has 1 aromatic carbocycles. The van der Waals surface area contributed by atoms with Crippen LogP contribution in [0.4, 0.5) is 11.6 Å². The second-order valence-corrected chi connectivity index (χ2v) is 4.50. The fourth-order valence-corrected chi connectivity index (χ4v) is 2.21. The maximum absolute atomic E-state index is 11.0. The first-order valence-electron chi connectivity index (χ1n) is 6.37. The van der Waals surface area contributed by atoms with Gasteiger partial charge in [0.15, 0.2) is 5.82 Å². The minimum atomic E-state index is -0.414. The van der Waals surface area contributed by atoms with Crippen LogP contribution < -0.4 is 10.2 Å². The predicted octanol–water partition coefficient (Wildman–Crippen LogP) is 0.789. The van der Waals surface area contributed by atoms with Crippen LogP contribution >= 0.6 is 0 Å². The lowest BCUT2D eigenvalue weighted by Gasteiger charge is -2.25. The van der Waals surface area contributed by atoms with Crippen LogP contribution in [0.2, 0.25) is 0 Å². The fourth-order valence-electron chi connectivity index (χ4n) is 2.21. The molecule has 20 heavy (non-hydrogen) atoms. The molecule has 0 spiro atoms. The second-order valence-electron chi connectivity index (χ2n) is 4.50. The Kier molecular flexibility index (Phi) is 3.30. The lowest BCUT2D eigenvalue weighted by molar-refractivity contribution is -0.384. The Bertz CT molecular complexity index is 620. The highest BCUT2D eigenvalue weighted by Gasteiger charge is 2.20. The molecule has 1 aromatic heterocycles. The van der Waals surface area contributed by atoms with Crippen molar-refractivity contribution in [3.05, 3.63) is 34.4 Å². The van der Waals surface area contributed by atoms with Gasteiger partial charge >= 0.3 is 0 Å². The molecule has 3 rings (SSSR count). The van der Waals surface area contributed by atoms with Gasteiger partial charge in [0.2, 0.25) is 5.95 Å². The number of para-hydroxylation sites is 1. The Morgan fingerprint density at radius 2 is 2.00 bits per heavy atom. The number of aromatic amines is 1. The van der Waals surface area contributed by atoms with E-state index in [1.807, 2.05) is 4.90 Å². The molecule has 104 valence electrons. The Labute approximate surface area is 115 Å². The van der Waals surface area contributed by atoms with Crippen molar-refractivity contribution in [1.82, 2.24) is 20.5 Å². The number of H-pyrrole nitrogens is 1. The summed E-state index contributed by atoms with van der Waals surface area (Å²) in [6.45, 7) is 3.42. The normalized spacial score (nSPS) is 15.3. The molecule has 1 saturated heterocycles. The molecule has 1 aliphatic heterocycles. The molecule has 8 heteroatoms. The smallest absolute Gasteiger partial charge is 0.280 e. The van der Waals surface area contributed by atoms with Crippen molar-refractivity contribution in [1.29, 1.82) is 0 Å². The zero-order valence-corrected chi connectivity index (χ0v) is 10.7. The minimum absolute atomic E-state index is 0.0236. The molecule has 0 radical (unpaired) electrons. The van der Waals surface area contributed by atoms with Crippen molar-refractivity contribution >= 4 is 11.6 Å².